The number of aromatic nitrogens is 3. The minimum absolute atomic E-state index is 0.487. The van der Waals surface area contributed by atoms with E-state index in [4.69, 9.17) is 11.6 Å². The number of hydrogen-bond acceptors (Lipinski definition) is 3. The molecule has 2 aromatic rings. The van der Waals surface area contributed by atoms with Crippen LogP contribution in [0.5, 0.6) is 0 Å². The number of hydrogen-bond donors (Lipinski definition) is 0. The summed E-state index contributed by atoms with van der Waals surface area (Å²) in [6.07, 6.45) is 4.21. The maximum absolute atomic E-state index is 5.85. The van der Waals surface area contributed by atoms with E-state index in [1.165, 1.54) is 0 Å². The van der Waals surface area contributed by atoms with Crippen LogP contribution in [-0.2, 0) is 6.42 Å². The van der Waals surface area contributed by atoms with Crippen LogP contribution in [-0.4, -0.2) is 15.0 Å². The van der Waals surface area contributed by atoms with E-state index in [0.29, 0.717) is 11.6 Å². The molecular formula is C11H10ClN3. The Morgan fingerprint density at radius 2 is 2.20 bits per heavy atom. The van der Waals surface area contributed by atoms with Gasteiger partial charge in [0.15, 0.2) is 0 Å². The van der Waals surface area contributed by atoms with Crippen LogP contribution in [0.3, 0.4) is 0 Å². The quantitative estimate of drug-likeness (QED) is 0.729. The molecule has 4 heteroatoms. The highest BCUT2D eigenvalue weighted by atomic mass is 35.5. The van der Waals surface area contributed by atoms with Crippen LogP contribution in [0.1, 0.15) is 17.1 Å². The molecule has 0 aliphatic heterocycles. The van der Waals surface area contributed by atoms with Gasteiger partial charge in [0.25, 0.3) is 0 Å². The summed E-state index contributed by atoms with van der Waals surface area (Å²) in [7, 11) is 0. The zero-order valence-corrected chi connectivity index (χ0v) is 9.07. The predicted octanol–water partition coefficient (Wildman–Crippen LogP) is 2.42. The average molecular weight is 220 g/mol. The van der Waals surface area contributed by atoms with Crippen molar-refractivity contribution in [3.63, 3.8) is 0 Å². The second-order valence-electron chi connectivity index (χ2n) is 3.29. The fourth-order valence-corrected chi connectivity index (χ4v) is 1.61. The molecule has 0 aromatic carbocycles. The Morgan fingerprint density at radius 3 is 2.87 bits per heavy atom. The van der Waals surface area contributed by atoms with Crippen molar-refractivity contribution in [1.82, 2.24) is 15.0 Å². The first-order valence-corrected chi connectivity index (χ1v) is 5.01. The van der Waals surface area contributed by atoms with Gasteiger partial charge in [-0.15, -0.1) is 0 Å². The third-order valence-corrected chi connectivity index (χ3v) is 2.15. The molecule has 15 heavy (non-hydrogen) atoms. The fourth-order valence-electron chi connectivity index (χ4n) is 1.35. The van der Waals surface area contributed by atoms with Crippen LogP contribution < -0.4 is 0 Å². The van der Waals surface area contributed by atoms with E-state index in [9.17, 15) is 0 Å². The highest BCUT2D eigenvalue weighted by Gasteiger charge is 2.01. The lowest BCUT2D eigenvalue weighted by molar-refractivity contribution is 0.937. The number of pyridine rings is 1. The van der Waals surface area contributed by atoms with Crippen molar-refractivity contribution < 1.29 is 0 Å². The summed E-state index contributed by atoms with van der Waals surface area (Å²) in [4.78, 5) is 12.5. The molecule has 2 aromatic heterocycles. The van der Waals surface area contributed by atoms with Crippen LogP contribution >= 0.6 is 11.6 Å². The normalized spacial score (nSPS) is 10.3. The zero-order chi connectivity index (χ0) is 10.7. The maximum Gasteiger partial charge on any atom is 0.134 e. The molecule has 0 atom stereocenters. The lowest BCUT2D eigenvalue weighted by Crippen LogP contribution is -1.98. The third-order valence-electron chi connectivity index (χ3n) is 1.95. The van der Waals surface area contributed by atoms with Gasteiger partial charge in [-0.3, -0.25) is 4.98 Å². The molecule has 0 bridgehead atoms. The van der Waals surface area contributed by atoms with E-state index in [0.717, 1.165) is 17.1 Å². The van der Waals surface area contributed by atoms with Gasteiger partial charge >= 0.3 is 0 Å². The number of aryl methyl sites for hydroxylation is 1. The van der Waals surface area contributed by atoms with Crippen LogP contribution in [0, 0.1) is 6.92 Å². The van der Waals surface area contributed by atoms with Gasteiger partial charge in [-0.1, -0.05) is 17.7 Å². The molecule has 0 radical (unpaired) electrons. The van der Waals surface area contributed by atoms with Crippen molar-refractivity contribution >= 4 is 11.6 Å². The number of rotatable bonds is 2. The molecule has 0 N–H and O–H groups in total. The summed E-state index contributed by atoms with van der Waals surface area (Å²) in [5.41, 5.74) is 1.97. The van der Waals surface area contributed by atoms with Crippen molar-refractivity contribution in [2.45, 2.75) is 13.3 Å². The molecule has 0 saturated heterocycles. The van der Waals surface area contributed by atoms with Crippen molar-refractivity contribution in [1.29, 1.82) is 0 Å². The monoisotopic (exact) mass is 219 g/mol. The van der Waals surface area contributed by atoms with E-state index >= 15 is 0 Å². The van der Waals surface area contributed by atoms with E-state index in [-0.39, 0.29) is 0 Å². The Hall–Kier alpha value is -1.48. The fraction of sp³-hybridized carbons (Fsp3) is 0.182. The van der Waals surface area contributed by atoms with Gasteiger partial charge in [0, 0.05) is 24.5 Å². The first kappa shape index (κ1) is 10.1. The Kier molecular flexibility index (Phi) is 2.92. The Labute approximate surface area is 93.2 Å². The molecule has 0 amide bonds. The largest absolute Gasteiger partial charge is 0.264 e. The lowest BCUT2D eigenvalue weighted by atomic mass is 10.2. The Bertz CT molecular complexity index is 436. The number of nitrogens with zero attached hydrogens (tertiary/aromatic N) is 3. The van der Waals surface area contributed by atoms with Crippen LogP contribution in [0.4, 0.5) is 0 Å². The van der Waals surface area contributed by atoms with E-state index < -0.39 is 0 Å². The molecule has 0 aliphatic rings. The van der Waals surface area contributed by atoms with Crippen molar-refractivity contribution in [3.8, 4) is 0 Å². The van der Waals surface area contributed by atoms with E-state index in [2.05, 4.69) is 15.0 Å². The third kappa shape index (κ3) is 2.73. The van der Waals surface area contributed by atoms with Gasteiger partial charge in [-0.05, 0) is 24.6 Å². The topological polar surface area (TPSA) is 38.7 Å². The van der Waals surface area contributed by atoms with Gasteiger partial charge in [-0.2, -0.15) is 0 Å². The highest BCUT2D eigenvalue weighted by Crippen LogP contribution is 2.09. The molecule has 0 unspecified atom stereocenters. The summed E-state index contributed by atoms with van der Waals surface area (Å²) in [5.74, 6) is 0.730. The van der Waals surface area contributed by atoms with Crippen molar-refractivity contribution in [3.05, 3.63) is 52.8 Å². The van der Waals surface area contributed by atoms with Gasteiger partial charge < -0.3 is 0 Å². The summed E-state index contributed by atoms with van der Waals surface area (Å²) in [6, 6.07) is 5.63. The van der Waals surface area contributed by atoms with Crippen LogP contribution in [0.2, 0.25) is 5.15 Å². The van der Waals surface area contributed by atoms with Gasteiger partial charge in [0.05, 0.1) is 0 Å². The maximum atomic E-state index is 5.85. The second-order valence-corrected chi connectivity index (χ2v) is 3.67. The summed E-state index contributed by atoms with van der Waals surface area (Å²) < 4.78 is 0. The molecule has 2 heterocycles. The second kappa shape index (κ2) is 4.36. The molecule has 0 spiro atoms. The minimum atomic E-state index is 0.487. The molecule has 76 valence electrons. The smallest absolute Gasteiger partial charge is 0.134 e. The lowest BCUT2D eigenvalue weighted by Gasteiger charge is -2.01. The Morgan fingerprint density at radius 1 is 1.33 bits per heavy atom. The van der Waals surface area contributed by atoms with Gasteiger partial charge in [-0.25, -0.2) is 9.97 Å². The molecule has 2 rings (SSSR count). The van der Waals surface area contributed by atoms with E-state index in [1.807, 2.05) is 19.1 Å². The molecule has 0 fully saturated rings. The minimum Gasteiger partial charge on any atom is -0.264 e. The highest BCUT2D eigenvalue weighted by molar-refractivity contribution is 6.29. The Balaban J connectivity index is 2.25. The zero-order valence-electron chi connectivity index (χ0n) is 8.31. The summed E-state index contributed by atoms with van der Waals surface area (Å²) in [5, 5.41) is 0.487. The summed E-state index contributed by atoms with van der Waals surface area (Å²) in [6.45, 7) is 1.90. The molecular weight excluding hydrogens is 210 g/mol. The van der Waals surface area contributed by atoms with Gasteiger partial charge in [0.2, 0.25) is 0 Å². The van der Waals surface area contributed by atoms with Crippen LogP contribution in [0.15, 0.2) is 30.6 Å². The molecule has 3 nitrogen and oxygen atoms in total. The standard InChI is InChI=1S/C11H10ClN3/c1-8-5-10(12)15-11(14-8)6-9-3-2-4-13-7-9/h2-5,7H,6H2,1H3. The van der Waals surface area contributed by atoms with Crippen molar-refractivity contribution in [2.24, 2.45) is 0 Å². The first-order chi connectivity index (χ1) is 7.24. The molecule has 0 saturated carbocycles. The summed E-state index contributed by atoms with van der Waals surface area (Å²) >= 11 is 5.85. The average Bonchev–Trinajstić information content (AvgIpc) is 2.17. The number of halogens is 1. The van der Waals surface area contributed by atoms with Gasteiger partial charge in [0.1, 0.15) is 11.0 Å². The van der Waals surface area contributed by atoms with E-state index in [1.54, 1.807) is 18.5 Å². The first-order valence-electron chi connectivity index (χ1n) is 4.63. The molecule has 0 aliphatic carbocycles. The van der Waals surface area contributed by atoms with Crippen LogP contribution in [0.25, 0.3) is 0 Å². The predicted molar refractivity (Wildman–Crippen MR) is 58.8 cm³/mol. The van der Waals surface area contributed by atoms with Crippen molar-refractivity contribution in [2.75, 3.05) is 0 Å². The SMILES string of the molecule is Cc1cc(Cl)nc(Cc2cccnc2)n1.